The van der Waals surface area contributed by atoms with Crippen LogP contribution < -0.4 is 56.5 Å². The van der Waals surface area contributed by atoms with Crippen LogP contribution >= 0.6 is 0 Å². The molecule has 0 fully saturated rings. The minimum atomic E-state index is -1.23. The zero-order valence-electron chi connectivity index (χ0n) is 11.2. The van der Waals surface area contributed by atoms with Gasteiger partial charge in [-0.15, -0.1) is 0 Å². The fourth-order valence-corrected chi connectivity index (χ4v) is 1.14. The van der Waals surface area contributed by atoms with Gasteiger partial charge in [0.2, 0.25) is 5.91 Å². The molecule has 0 saturated heterocycles. The molecule has 0 aromatic rings. The third-order valence-corrected chi connectivity index (χ3v) is 2.50. The number of allylic oxidation sites excluding steroid dienone is 1. The van der Waals surface area contributed by atoms with E-state index in [-0.39, 0.29) is 63.7 Å². The Morgan fingerprint density at radius 1 is 1.35 bits per heavy atom. The number of hydrogen-bond donors (Lipinski definition) is 0. The predicted molar refractivity (Wildman–Crippen MR) is 60.5 cm³/mol. The Morgan fingerprint density at radius 2 is 1.94 bits per heavy atom. The van der Waals surface area contributed by atoms with Crippen molar-refractivity contribution in [2.75, 3.05) is 7.05 Å². The Balaban J connectivity index is 0. The molecule has 4 nitrogen and oxygen atoms in total. The minimum Gasteiger partial charge on any atom is -0.548 e. The van der Waals surface area contributed by atoms with Crippen LogP contribution in [0, 0.1) is 0 Å². The fourth-order valence-electron chi connectivity index (χ4n) is 1.14. The standard InChI is InChI=1S/C12H21NO3.K/c1-4-5-6-7-8-9-11(14)13(3)10(2)12(15)16;/h7-8,10H,4-6,9H2,1-3H3,(H,15,16);/q;+1/p-1/b8-7+;. The number of hydrogen-bond acceptors (Lipinski definition) is 3. The molecule has 0 saturated carbocycles. The second-order valence-corrected chi connectivity index (χ2v) is 3.82. The van der Waals surface area contributed by atoms with Crippen molar-refractivity contribution in [2.45, 2.75) is 45.6 Å². The van der Waals surface area contributed by atoms with Crippen molar-refractivity contribution in [3.8, 4) is 0 Å². The molecule has 0 N–H and O–H groups in total. The molecule has 0 aliphatic heterocycles. The summed E-state index contributed by atoms with van der Waals surface area (Å²) >= 11 is 0. The number of likely N-dealkylation sites (N-methyl/N-ethyl adjacent to an activating group) is 1. The molecule has 1 amide bonds. The Labute approximate surface area is 146 Å². The van der Waals surface area contributed by atoms with Gasteiger partial charge in [-0.25, -0.2) is 0 Å². The SMILES string of the molecule is CCCC/C=C/CC(=O)N(C)C(C)C(=O)[O-].[K+]. The number of carboxylic acids is 1. The summed E-state index contributed by atoms with van der Waals surface area (Å²) in [7, 11) is 1.47. The van der Waals surface area contributed by atoms with Gasteiger partial charge in [0.1, 0.15) is 0 Å². The summed E-state index contributed by atoms with van der Waals surface area (Å²) in [4.78, 5) is 23.2. The topological polar surface area (TPSA) is 60.4 Å². The van der Waals surface area contributed by atoms with Gasteiger partial charge in [0.15, 0.2) is 0 Å². The van der Waals surface area contributed by atoms with Crippen LogP contribution in [0.4, 0.5) is 0 Å². The number of aliphatic carboxylic acids is 1. The van der Waals surface area contributed by atoms with E-state index in [0.29, 0.717) is 0 Å². The van der Waals surface area contributed by atoms with Crippen molar-refractivity contribution in [2.24, 2.45) is 0 Å². The van der Waals surface area contributed by atoms with Crippen LogP contribution in [0.5, 0.6) is 0 Å². The van der Waals surface area contributed by atoms with Crippen LogP contribution in [0.2, 0.25) is 0 Å². The molecule has 0 bridgehead atoms. The van der Waals surface area contributed by atoms with E-state index < -0.39 is 12.0 Å². The van der Waals surface area contributed by atoms with Crippen LogP contribution in [-0.2, 0) is 9.59 Å². The molecule has 0 aromatic carbocycles. The molecular formula is C12H20KNO3. The molecule has 0 rings (SSSR count). The van der Waals surface area contributed by atoms with E-state index in [1.54, 1.807) is 6.08 Å². The van der Waals surface area contributed by atoms with Gasteiger partial charge >= 0.3 is 51.4 Å². The van der Waals surface area contributed by atoms with Gasteiger partial charge < -0.3 is 14.8 Å². The van der Waals surface area contributed by atoms with E-state index in [0.717, 1.165) is 19.3 Å². The minimum absolute atomic E-state index is 0. The summed E-state index contributed by atoms with van der Waals surface area (Å²) in [6, 6.07) is -0.878. The molecule has 92 valence electrons. The second kappa shape index (κ2) is 11.4. The molecule has 0 aliphatic carbocycles. The number of rotatable bonds is 7. The van der Waals surface area contributed by atoms with Gasteiger partial charge in [-0.3, -0.25) is 4.79 Å². The van der Waals surface area contributed by atoms with E-state index in [9.17, 15) is 14.7 Å². The summed E-state index contributed by atoms with van der Waals surface area (Å²) < 4.78 is 0. The largest absolute Gasteiger partial charge is 1.00 e. The first-order chi connectivity index (χ1) is 7.50. The monoisotopic (exact) mass is 265 g/mol. The van der Waals surface area contributed by atoms with Gasteiger partial charge in [-0.2, -0.15) is 0 Å². The maximum atomic E-state index is 11.5. The average Bonchev–Trinajstić information content (AvgIpc) is 2.26. The number of unbranched alkanes of at least 4 members (excludes halogenated alkanes) is 2. The van der Waals surface area contributed by atoms with Crippen LogP contribution in [0.15, 0.2) is 12.2 Å². The Bertz CT molecular complexity index is 266. The predicted octanol–water partition coefficient (Wildman–Crippen LogP) is -2.28. The number of nitrogens with zero attached hydrogens (tertiary/aromatic N) is 1. The van der Waals surface area contributed by atoms with E-state index in [2.05, 4.69) is 6.92 Å². The quantitative estimate of drug-likeness (QED) is 0.296. The first kappa shape index (κ1) is 19.7. The summed E-state index contributed by atoms with van der Waals surface area (Å²) in [5.74, 6) is -1.43. The van der Waals surface area contributed by atoms with Gasteiger partial charge in [0.05, 0.1) is 12.0 Å². The van der Waals surface area contributed by atoms with Crippen molar-refractivity contribution in [1.29, 1.82) is 0 Å². The van der Waals surface area contributed by atoms with Crippen molar-refractivity contribution in [1.82, 2.24) is 4.90 Å². The van der Waals surface area contributed by atoms with E-state index in [1.165, 1.54) is 18.9 Å². The maximum Gasteiger partial charge on any atom is 1.00 e. The van der Waals surface area contributed by atoms with E-state index >= 15 is 0 Å². The molecule has 17 heavy (non-hydrogen) atoms. The number of carbonyl (C=O) groups is 2. The summed E-state index contributed by atoms with van der Waals surface area (Å²) in [5, 5.41) is 10.5. The van der Waals surface area contributed by atoms with Gasteiger partial charge in [-0.1, -0.05) is 31.9 Å². The zero-order chi connectivity index (χ0) is 12.6. The van der Waals surface area contributed by atoms with Crippen molar-refractivity contribution < 1.29 is 66.1 Å². The van der Waals surface area contributed by atoms with Crippen LogP contribution in [0.1, 0.15) is 39.5 Å². The Hall–Kier alpha value is 0.316. The summed E-state index contributed by atoms with van der Waals surface area (Å²) in [5.41, 5.74) is 0. The van der Waals surface area contributed by atoms with Crippen molar-refractivity contribution in [3.63, 3.8) is 0 Å². The number of carboxylic acid groups (broad SMARTS) is 1. The smallest absolute Gasteiger partial charge is 0.548 e. The molecule has 1 unspecified atom stereocenters. The van der Waals surface area contributed by atoms with Crippen molar-refractivity contribution in [3.05, 3.63) is 12.2 Å². The Kier molecular flexibility index (Phi) is 13.2. The summed E-state index contributed by atoms with van der Waals surface area (Å²) in [6.45, 7) is 3.54. The molecule has 0 aromatic heterocycles. The average molecular weight is 265 g/mol. The van der Waals surface area contributed by atoms with Gasteiger partial charge in [-0.05, 0) is 13.3 Å². The van der Waals surface area contributed by atoms with E-state index in [4.69, 9.17) is 0 Å². The first-order valence-corrected chi connectivity index (χ1v) is 5.62. The molecule has 1 atom stereocenters. The summed E-state index contributed by atoms with van der Waals surface area (Å²) in [6.07, 6.45) is 7.19. The molecule has 0 radical (unpaired) electrons. The zero-order valence-corrected chi connectivity index (χ0v) is 14.4. The third-order valence-electron chi connectivity index (χ3n) is 2.50. The van der Waals surface area contributed by atoms with Crippen LogP contribution in [-0.4, -0.2) is 29.9 Å². The second-order valence-electron chi connectivity index (χ2n) is 3.82. The fraction of sp³-hybridized carbons (Fsp3) is 0.667. The molecule has 5 heteroatoms. The van der Waals surface area contributed by atoms with Crippen molar-refractivity contribution >= 4 is 11.9 Å². The number of amides is 1. The molecule has 0 aliphatic rings. The van der Waals surface area contributed by atoms with E-state index in [1.807, 2.05) is 6.08 Å². The van der Waals surface area contributed by atoms with Crippen LogP contribution in [0.25, 0.3) is 0 Å². The van der Waals surface area contributed by atoms with Gasteiger partial charge in [0, 0.05) is 13.5 Å². The molecule has 0 spiro atoms. The normalized spacial score (nSPS) is 11.9. The molecule has 0 heterocycles. The van der Waals surface area contributed by atoms with Gasteiger partial charge in [0.25, 0.3) is 0 Å². The first-order valence-electron chi connectivity index (χ1n) is 5.62. The molecular weight excluding hydrogens is 245 g/mol. The Morgan fingerprint density at radius 3 is 2.41 bits per heavy atom. The number of carbonyl (C=O) groups excluding carboxylic acids is 2. The van der Waals surface area contributed by atoms with Crippen LogP contribution in [0.3, 0.4) is 0 Å². The third kappa shape index (κ3) is 8.96. The maximum absolute atomic E-state index is 11.5.